The van der Waals surface area contributed by atoms with E-state index in [1.54, 1.807) is 0 Å². The van der Waals surface area contributed by atoms with Crippen LogP contribution in [0.15, 0.2) is 41.2 Å². The largest absolute Gasteiger partial charge is 0.383 e. The zero-order valence-electron chi connectivity index (χ0n) is 17.4. The summed E-state index contributed by atoms with van der Waals surface area (Å²) in [6.45, 7) is 4.02. The summed E-state index contributed by atoms with van der Waals surface area (Å²) in [6.07, 6.45) is 1.18. The number of fused-ring (bicyclic) bond motifs is 1. The van der Waals surface area contributed by atoms with E-state index in [0.29, 0.717) is 37.4 Å². The molecule has 164 valence electrons. The molecule has 1 amide bonds. The molecule has 0 radical (unpaired) electrons. The molecule has 4 heterocycles. The van der Waals surface area contributed by atoms with E-state index in [2.05, 4.69) is 25.3 Å². The lowest BCUT2D eigenvalue weighted by molar-refractivity contribution is -0.145. The van der Waals surface area contributed by atoms with E-state index in [-0.39, 0.29) is 17.9 Å². The van der Waals surface area contributed by atoms with Crippen LogP contribution in [-0.4, -0.2) is 64.4 Å². The predicted molar refractivity (Wildman–Crippen MR) is 114 cm³/mol. The van der Waals surface area contributed by atoms with Gasteiger partial charge in [-0.25, -0.2) is 9.37 Å². The third-order valence-electron chi connectivity index (χ3n) is 5.92. The normalized spacial score (nSPS) is 17.8. The minimum Gasteiger partial charge on any atom is -0.383 e. The molecular weight excluding hydrogens is 415 g/mol. The summed E-state index contributed by atoms with van der Waals surface area (Å²) >= 11 is 0. The van der Waals surface area contributed by atoms with Gasteiger partial charge in [0.2, 0.25) is 18.0 Å². The first-order valence-electron chi connectivity index (χ1n) is 10.4. The van der Waals surface area contributed by atoms with E-state index in [0.717, 1.165) is 11.5 Å². The zero-order valence-corrected chi connectivity index (χ0v) is 17.4. The average Bonchev–Trinajstić information content (AvgIpc) is 3.50. The van der Waals surface area contributed by atoms with Crippen molar-refractivity contribution < 1.29 is 18.5 Å². The van der Waals surface area contributed by atoms with Gasteiger partial charge in [-0.3, -0.25) is 9.59 Å². The number of carbonyl (C=O) groups is 2. The van der Waals surface area contributed by atoms with Gasteiger partial charge in [0.05, 0.1) is 11.6 Å². The lowest BCUT2D eigenvalue weighted by atomic mass is 9.93. The van der Waals surface area contributed by atoms with Crippen molar-refractivity contribution in [3.05, 3.63) is 53.8 Å². The zero-order chi connectivity index (χ0) is 22.2. The number of aromatic nitrogens is 3. The summed E-state index contributed by atoms with van der Waals surface area (Å²) in [7, 11) is 0. The molecule has 1 unspecified atom stereocenters. The number of rotatable bonds is 4. The number of Topliss-reactive ketones (excluding diaryl/α,β-unsaturated/α-hetero) is 1. The van der Waals surface area contributed by atoms with Gasteiger partial charge in [0.15, 0.2) is 0 Å². The summed E-state index contributed by atoms with van der Waals surface area (Å²) in [5.41, 5.74) is 2.05. The first-order chi connectivity index (χ1) is 15.5. The second-order valence-corrected chi connectivity index (χ2v) is 7.85. The minimum absolute atomic E-state index is 0.138. The van der Waals surface area contributed by atoms with E-state index >= 15 is 0 Å². The number of amides is 1. The number of pyridine rings is 1. The number of ketones is 1. The molecule has 0 spiro atoms. The van der Waals surface area contributed by atoms with E-state index < -0.39 is 23.4 Å². The molecule has 0 saturated carbocycles. The van der Waals surface area contributed by atoms with Crippen LogP contribution < -0.4 is 10.2 Å². The van der Waals surface area contributed by atoms with Crippen LogP contribution in [0.4, 0.5) is 15.9 Å². The molecule has 2 aromatic heterocycles. The SMILES string of the molecule is Cc1cccc(N2CCN(C(=O)C(=O)C3CNc4c(-c5ncon5)ccc(F)c43)CC2)n1. The molecule has 3 aromatic rings. The highest BCUT2D eigenvalue weighted by Crippen LogP contribution is 2.40. The number of nitrogens with one attached hydrogen (secondary N) is 1. The Balaban J connectivity index is 1.31. The number of halogens is 1. The Hall–Kier alpha value is -3.82. The highest BCUT2D eigenvalue weighted by molar-refractivity contribution is 6.38. The first kappa shape index (κ1) is 20.1. The van der Waals surface area contributed by atoms with E-state index in [4.69, 9.17) is 4.52 Å². The summed E-state index contributed by atoms with van der Waals surface area (Å²) in [5.74, 6) is -1.52. The maximum absolute atomic E-state index is 14.7. The van der Waals surface area contributed by atoms with Gasteiger partial charge in [0, 0.05) is 49.5 Å². The standard InChI is InChI=1S/C22H21FN6O3/c1-13-3-2-4-17(26-13)28-7-9-29(10-8-28)22(31)20(30)15-11-24-19-14(21-25-12-32-27-21)5-6-16(23)18(15)19/h2-6,12,15,24H,7-11H2,1H3. The van der Waals surface area contributed by atoms with Crippen molar-refractivity contribution in [1.29, 1.82) is 0 Å². The molecule has 1 atom stereocenters. The fourth-order valence-electron chi connectivity index (χ4n) is 4.28. The van der Waals surface area contributed by atoms with Crippen LogP contribution >= 0.6 is 0 Å². The molecule has 10 heteroatoms. The molecule has 1 fully saturated rings. The maximum Gasteiger partial charge on any atom is 0.290 e. The van der Waals surface area contributed by atoms with E-state index in [1.165, 1.54) is 23.4 Å². The number of carbonyl (C=O) groups excluding carboxylic acids is 2. The summed E-state index contributed by atoms with van der Waals surface area (Å²) in [4.78, 5) is 38.2. The van der Waals surface area contributed by atoms with Crippen LogP contribution in [0.25, 0.3) is 11.4 Å². The van der Waals surface area contributed by atoms with Crippen LogP contribution in [0.2, 0.25) is 0 Å². The second-order valence-electron chi connectivity index (χ2n) is 7.85. The Bertz CT molecular complexity index is 1170. The molecule has 5 rings (SSSR count). The van der Waals surface area contributed by atoms with Crippen molar-refractivity contribution in [1.82, 2.24) is 20.0 Å². The molecule has 2 aliphatic rings. The van der Waals surface area contributed by atoms with Gasteiger partial charge in [-0.05, 0) is 31.2 Å². The monoisotopic (exact) mass is 436 g/mol. The minimum atomic E-state index is -0.902. The third kappa shape index (κ3) is 3.47. The van der Waals surface area contributed by atoms with Gasteiger partial charge >= 0.3 is 0 Å². The molecule has 1 N–H and O–H groups in total. The van der Waals surface area contributed by atoms with Gasteiger partial charge in [-0.1, -0.05) is 11.2 Å². The Kier molecular flexibility index (Phi) is 5.04. The van der Waals surface area contributed by atoms with Gasteiger partial charge in [0.1, 0.15) is 11.6 Å². The lowest BCUT2D eigenvalue weighted by Crippen LogP contribution is -2.51. The predicted octanol–water partition coefficient (Wildman–Crippen LogP) is 2.01. The quantitative estimate of drug-likeness (QED) is 0.620. The van der Waals surface area contributed by atoms with Crippen molar-refractivity contribution in [2.75, 3.05) is 42.9 Å². The number of nitrogens with zero attached hydrogens (tertiary/aromatic N) is 5. The fraction of sp³-hybridized carbons (Fsp3) is 0.318. The smallest absolute Gasteiger partial charge is 0.290 e. The first-order valence-corrected chi connectivity index (χ1v) is 10.4. The van der Waals surface area contributed by atoms with Gasteiger partial charge < -0.3 is 19.6 Å². The average molecular weight is 436 g/mol. The summed E-state index contributed by atoms with van der Waals surface area (Å²) in [5, 5.41) is 6.84. The van der Waals surface area contributed by atoms with Gasteiger partial charge in [0.25, 0.3) is 5.91 Å². The Morgan fingerprint density at radius 1 is 1.16 bits per heavy atom. The molecule has 9 nitrogen and oxygen atoms in total. The highest BCUT2D eigenvalue weighted by atomic mass is 19.1. The number of hydrogen-bond donors (Lipinski definition) is 1. The maximum atomic E-state index is 14.7. The summed E-state index contributed by atoms with van der Waals surface area (Å²) in [6, 6.07) is 8.59. The van der Waals surface area contributed by atoms with Crippen LogP contribution in [0.3, 0.4) is 0 Å². The van der Waals surface area contributed by atoms with Crippen LogP contribution in [0.1, 0.15) is 17.2 Å². The van der Waals surface area contributed by atoms with E-state index in [9.17, 15) is 14.0 Å². The van der Waals surface area contributed by atoms with Crippen LogP contribution in [0, 0.1) is 12.7 Å². The topological polar surface area (TPSA) is 104 Å². The van der Waals surface area contributed by atoms with Crippen molar-refractivity contribution in [3.63, 3.8) is 0 Å². The van der Waals surface area contributed by atoms with Gasteiger partial charge in [-0.15, -0.1) is 0 Å². The van der Waals surface area contributed by atoms with Crippen molar-refractivity contribution in [2.24, 2.45) is 0 Å². The van der Waals surface area contributed by atoms with Crippen molar-refractivity contribution in [2.45, 2.75) is 12.8 Å². The molecule has 1 saturated heterocycles. The number of hydrogen-bond acceptors (Lipinski definition) is 8. The third-order valence-corrected chi connectivity index (χ3v) is 5.92. The fourth-order valence-corrected chi connectivity index (χ4v) is 4.28. The number of anilines is 2. The summed E-state index contributed by atoms with van der Waals surface area (Å²) < 4.78 is 19.5. The number of aryl methyl sites for hydroxylation is 1. The highest BCUT2D eigenvalue weighted by Gasteiger charge is 2.39. The lowest BCUT2D eigenvalue weighted by Gasteiger charge is -2.35. The van der Waals surface area contributed by atoms with E-state index in [1.807, 2.05) is 25.1 Å². The Morgan fingerprint density at radius 2 is 1.97 bits per heavy atom. The van der Waals surface area contributed by atoms with Crippen molar-refractivity contribution in [3.8, 4) is 11.4 Å². The molecular formula is C22H21FN6O3. The Labute approximate surface area is 183 Å². The van der Waals surface area contributed by atoms with Crippen LogP contribution in [-0.2, 0) is 9.59 Å². The number of benzene rings is 1. The second kappa shape index (κ2) is 8.03. The molecule has 2 aliphatic heterocycles. The Morgan fingerprint density at radius 3 is 2.69 bits per heavy atom. The van der Waals surface area contributed by atoms with Crippen molar-refractivity contribution >= 4 is 23.2 Å². The molecule has 1 aromatic carbocycles. The molecule has 32 heavy (non-hydrogen) atoms. The van der Waals surface area contributed by atoms with Crippen LogP contribution in [0.5, 0.6) is 0 Å². The molecule has 0 bridgehead atoms. The van der Waals surface area contributed by atoms with Gasteiger partial charge in [-0.2, -0.15) is 4.98 Å². The number of piperazine rings is 1. The molecule has 0 aliphatic carbocycles.